The summed E-state index contributed by atoms with van der Waals surface area (Å²) in [6, 6.07) is 0.0845. The maximum atomic E-state index is 12.9. The monoisotopic (exact) mass is 348 g/mol. The molecule has 2 heterocycles. The van der Waals surface area contributed by atoms with E-state index in [4.69, 9.17) is 0 Å². The summed E-state index contributed by atoms with van der Waals surface area (Å²) in [5, 5.41) is 18.0. The standard InChI is InChI=1S/C19H32N4O2/c1-12-7-8-18(24)15(10-12)17-6-5-9-23(17)19(25)20-13(2)16-11-22(4)21-14(16)3/h11-13,15,17-18,24H,5-10H2,1-4H3,(H,20,25)/t12-,13+,15+,17-,18+/m1/s1. The van der Waals surface area contributed by atoms with Gasteiger partial charge in [0.05, 0.1) is 17.8 Å². The first-order valence-corrected chi connectivity index (χ1v) is 9.62. The SMILES string of the molecule is Cc1nn(C)cc1[C@H](C)NC(=O)N1CCC[C@@H]1[C@@H]1C[C@H](C)CC[C@@H]1O. The van der Waals surface area contributed by atoms with E-state index in [0.717, 1.165) is 49.9 Å². The zero-order chi connectivity index (χ0) is 18.1. The number of aromatic nitrogens is 2. The molecule has 3 rings (SSSR count). The van der Waals surface area contributed by atoms with Crippen LogP contribution >= 0.6 is 0 Å². The van der Waals surface area contributed by atoms with Crippen LogP contribution in [0.15, 0.2) is 6.20 Å². The maximum absolute atomic E-state index is 12.9. The second-order valence-corrected chi connectivity index (χ2v) is 8.07. The third-order valence-electron chi connectivity index (χ3n) is 6.04. The average molecular weight is 348 g/mol. The number of nitrogens with one attached hydrogen (secondary N) is 1. The van der Waals surface area contributed by atoms with Crippen molar-refractivity contribution in [3.63, 3.8) is 0 Å². The highest BCUT2D eigenvalue weighted by molar-refractivity contribution is 5.75. The number of amides is 2. The Morgan fingerprint density at radius 3 is 2.84 bits per heavy atom. The Hall–Kier alpha value is -1.56. The van der Waals surface area contributed by atoms with Crippen molar-refractivity contribution in [1.82, 2.24) is 20.0 Å². The Bertz CT molecular complexity index is 615. The molecule has 1 saturated heterocycles. The van der Waals surface area contributed by atoms with Gasteiger partial charge in [0, 0.05) is 37.3 Å². The number of hydrogen-bond donors (Lipinski definition) is 2. The van der Waals surface area contributed by atoms with Gasteiger partial charge in [-0.2, -0.15) is 5.10 Å². The largest absolute Gasteiger partial charge is 0.393 e. The van der Waals surface area contributed by atoms with E-state index in [1.807, 2.05) is 32.0 Å². The van der Waals surface area contributed by atoms with Crippen molar-refractivity contribution in [1.29, 1.82) is 0 Å². The van der Waals surface area contributed by atoms with E-state index < -0.39 is 0 Å². The molecule has 0 spiro atoms. The molecule has 0 aromatic carbocycles. The van der Waals surface area contributed by atoms with Gasteiger partial charge in [0.25, 0.3) is 0 Å². The van der Waals surface area contributed by atoms with E-state index in [2.05, 4.69) is 17.3 Å². The first-order valence-electron chi connectivity index (χ1n) is 9.62. The van der Waals surface area contributed by atoms with Crippen LogP contribution in [0.25, 0.3) is 0 Å². The number of rotatable bonds is 3. The lowest BCUT2D eigenvalue weighted by atomic mass is 9.76. The number of urea groups is 1. The minimum absolute atomic E-state index is 0.0105. The lowest BCUT2D eigenvalue weighted by Gasteiger charge is -2.39. The molecule has 1 aromatic rings. The number of aliphatic hydroxyl groups is 1. The van der Waals surface area contributed by atoms with Crippen LogP contribution in [0.1, 0.15) is 63.3 Å². The van der Waals surface area contributed by atoms with Gasteiger partial charge in [0.1, 0.15) is 0 Å². The second-order valence-electron chi connectivity index (χ2n) is 8.07. The minimum Gasteiger partial charge on any atom is -0.393 e. The number of likely N-dealkylation sites (tertiary alicyclic amines) is 1. The zero-order valence-corrected chi connectivity index (χ0v) is 15.9. The number of nitrogens with zero attached hydrogens (tertiary/aromatic N) is 3. The van der Waals surface area contributed by atoms with Crippen molar-refractivity contribution in [2.24, 2.45) is 18.9 Å². The number of hydrogen-bond acceptors (Lipinski definition) is 3. The van der Waals surface area contributed by atoms with Crippen LogP contribution in [0.3, 0.4) is 0 Å². The van der Waals surface area contributed by atoms with Crippen LogP contribution in [-0.4, -0.2) is 44.5 Å². The Kier molecular flexibility index (Phi) is 5.37. The molecule has 0 radical (unpaired) electrons. The normalized spacial score (nSPS) is 31.2. The van der Waals surface area contributed by atoms with Gasteiger partial charge < -0.3 is 15.3 Å². The summed E-state index contributed by atoms with van der Waals surface area (Å²) in [7, 11) is 1.90. The molecule has 2 fully saturated rings. The minimum atomic E-state index is -0.271. The summed E-state index contributed by atoms with van der Waals surface area (Å²) in [6.07, 6.45) is 6.70. The highest BCUT2D eigenvalue weighted by atomic mass is 16.3. The Morgan fingerprint density at radius 1 is 1.40 bits per heavy atom. The number of aliphatic hydroxyl groups excluding tert-OH is 1. The number of carbonyl (C=O) groups is 1. The topological polar surface area (TPSA) is 70.4 Å². The molecule has 2 N–H and O–H groups in total. The van der Waals surface area contributed by atoms with Crippen LogP contribution in [0.4, 0.5) is 4.79 Å². The maximum Gasteiger partial charge on any atom is 0.318 e. The van der Waals surface area contributed by atoms with E-state index >= 15 is 0 Å². The molecule has 1 aliphatic heterocycles. The van der Waals surface area contributed by atoms with E-state index in [0.29, 0.717) is 5.92 Å². The molecule has 140 valence electrons. The van der Waals surface area contributed by atoms with Gasteiger partial charge in [-0.1, -0.05) is 6.92 Å². The molecular weight excluding hydrogens is 316 g/mol. The van der Waals surface area contributed by atoms with Crippen molar-refractivity contribution in [2.75, 3.05) is 6.54 Å². The van der Waals surface area contributed by atoms with Crippen LogP contribution in [-0.2, 0) is 7.05 Å². The molecule has 0 bridgehead atoms. The summed E-state index contributed by atoms with van der Waals surface area (Å²) in [5.74, 6) is 0.850. The van der Waals surface area contributed by atoms with Crippen molar-refractivity contribution in [3.8, 4) is 0 Å². The van der Waals surface area contributed by atoms with Crippen molar-refractivity contribution < 1.29 is 9.90 Å². The van der Waals surface area contributed by atoms with E-state index in [1.54, 1.807) is 4.68 Å². The first-order chi connectivity index (χ1) is 11.9. The third kappa shape index (κ3) is 3.84. The fourth-order valence-electron chi connectivity index (χ4n) is 4.70. The predicted octanol–water partition coefficient (Wildman–Crippen LogP) is 2.76. The quantitative estimate of drug-likeness (QED) is 0.882. The smallest absolute Gasteiger partial charge is 0.318 e. The summed E-state index contributed by atoms with van der Waals surface area (Å²) in [6.45, 7) is 7.01. The molecule has 1 aliphatic carbocycles. The predicted molar refractivity (Wildman–Crippen MR) is 97.1 cm³/mol. The molecular formula is C19H32N4O2. The van der Waals surface area contributed by atoms with E-state index in [1.165, 1.54) is 0 Å². The van der Waals surface area contributed by atoms with Gasteiger partial charge in [0.2, 0.25) is 0 Å². The molecule has 1 saturated carbocycles. The second kappa shape index (κ2) is 7.36. The van der Waals surface area contributed by atoms with Gasteiger partial charge >= 0.3 is 6.03 Å². The van der Waals surface area contributed by atoms with Gasteiger partial charge in [-0.15, -0.1) is 0 Å². The highest BCUT2D eigenvalue weighted by Crippen LogP contribution is 2.37. The fourth-order valence-corrected chi connectivity index (χ4v) is 4.70. The Labute approximate surface area is 150 Å². The Morgan fingerprint density at radius 2 is 2.16 bits per heavy atom. The van der Waals surface area contributed by atoms with Crippen LogP contribution in [0, 0.1) is 18.8 Å². The first kappa shape index (κ1) is 18.2. The van der Waals surface area contributed by atoms with E-state index in [-0.39, 0.29) is 30.1 Å². The van der Waals surface area contributed by atoms with Gasteiger partial charge in [0.15, 0.2) is 0 Å². The fraction of sp³-hybridized carbons (Fsp3) is 0.789. The summed E-state index contributed by atoms with van der Waals surface area (Å²) in [4.78, 5) is 14.9. The molecule has 25 heavy (non-hydrogen) atoms. The van der Waals surface area contributed by atoms with Crippen LogP contribution in [0.5, 0.6) is 0 Å². The van der Waals surface area contributed by atoms with Crippen molar-refractivity contribution in [2.45, 2.75) is 71.1 Å². The lowest BCUT2D eigenvalue weighted by molar-refractivity contribution is 0.0151. The van der Waals surface area contributed by atoms with E-state index in [9.17, 15) is 9.90 Å². The van der Waals surface area contributed by atoms with Crippen molar-refractivity contribution >= 4 is 6.03 Å². The highest BCUT2D eigenvalue weighted by Gasteiger charge is 2.40. The molecule has 0 unspecified atom stereocenters. The summed E-state index contributed by atoms with van der Waals surface area (Å²) >= 11 is 0. The Balaban J connectivity index is 1.67. The van der Waals surface area contributed by atoms with Gasteiger partial charge in [-0.3, -0.25) is 4.68 Å². The average Bonchev–Trinajstić information content (AvgIpc) is 3.16. The molecule has 5 atom stereocenters. The number of carbonyl (C=O) groups excluding carboxylic acids is 1. The summed E-state index contributed by atoms with van der Waals surface area (Å²) in [5.41, 5.74) is 2.00. The molecule has 2 aliphatic rings. The van der Waals surface area contributed by atoms with Crippen molar-refractivity contribution in [3.05, 3.63) is 17.5 Å². The van der Waals surface area contributed by atoms with Crippen LogP contribution < -0.4 is 5.32 Å². The molecule has 2 amide bonds. The van der Waals surface area contributed by atoms with Gasteiger partial charge in [-0.05, 0) is 51.9 Å². The lowest BCUT2D eigenvalue weighted by Crippen LogP contribution is -2.50. The molecule has 6 heteroatoms. The van der Waals surface area contributed by atoms with Crippen LogP contribution in [0.2, 0.25) is 0 Å². The molecule has 6 nitrogen and oxygen atoms in total. The molecule has 1 aromatic heterocycles. The van der Waals surface area contributed by atoms with Gasteiger partial charge in [-0.25, -0.2) is 4.79 Å². The summed E-state index contributed by atoms with van der Waals surface area (Å²) < 4.78 is 1.78. The zero-order valence-electron chi connectivity index (χ0n) is 15.9. The third-order valence-corrected chi connectivity index (χ3v) is 6.04. The number of aryl methyl sites for hydroxylation is 2.